The van der Waals surface area contributed by atoms with Gasteiger partial charge in [0.1, 0.15) is 11.6 Å². The van der Waals surface area contributed by atoms with Crippen molar-refractivity contribution in [1.82, 2.24) is 0 Å². The van der Waals surface area contributed by atoms with Crippen molar-refractivity contribution in [2.75, 3.05) is 12.4 Å². The van der Waals surface area contributed by atoms with Crippen molar-refractivity contribution >= 4 is 46.6 Å². The highest BCUT2D eigenvalue weighted by Gasteiger charge is 2.33. The number of nitrogens with one attached hydrogen (secondary N) is 1. The number of para-hydroxylation sites is 1. The number of nitro benzene ring substituents is 1. The van der Waals surface area contributed by atoms with E-state index in [-0.39, 0.29) is 38.4 Å². The lowest BCUT2D eigenvalue weighted by atomic mass is 10.1. The summed E-state index contributed by atoms with van der Waals surface area (Å²) in [5.74, 6) is -1.58. The Morgan fingerprint density at radius 2 is 1.81 bits per heavy atom. The molecule has 0 fully saturated rings. The topological polar surface area (TPSA) is 114 Å². The van der Waals surface area contributed by atoms with Crippen LogP contribution in [0.1, 0.15) is 11.1 Å². The lowest BCUT2D eigenvalue weighted by Crippen LogP contribution is -2.13. The van der Waals surface area contributed by atoms with Gasteiger partial charge in [-0.2, -0.15) is 18.4 Å². The summed E-state index contributed by atoms with van der Waals surface area (Å²) in [5.41, 5.74) is -1.98. The number of nitro groups is 1. The molecule has 0 atom stereocenters. The van der Waals surface area contributed by atoms with Gasteiger partial charge in [0, 0.05) is 6.07 Å². The standard InChI is InChI=1S/C24H14Cl2F3N3O5/c1-36-21-10-13(8-14(12-30)23(33)31-18-5-3-2-4-16(18)25)9-17(26)22(21)37-20-7-6-15(24(27,28)29)11-19(20)32(34)35/h2-11H,1H3,(H,31,33)/b14-8+. The number of amides is 1. The number of rotatable bonds is 7. The van der Waals surface area contributed by atoms with Gasteiger partial charge in [0.2, 0.25) is 5.75 Å². The average molecular weight is 552 g/mol. The summed E-state index contributed by atoms with van der Waals surface area (Å²) in [6.07, 6.45) is -3.60. The van der Waals surface area contributed by atoms with Crippen molar-refractivity contribution in [1.29, 1.82) is 5.26 Å². The summed E-state index contributed by atoms with van der Waals surface area (Å²) in [5, 5.41) is 23.4. The lowest BCUT2D eigenvalue weighted by molar-refractivity contribution is -0.385. The zero-order chi connectivity index (χ0) is 27.3. The predicted octanol–water partition coefficient (Wildman–Crippen LogP) is 7.27. The summed E-state index contributed by atoms with van der Waals surface area (Å²) < 4.78 is 49.6. The van der Waals surface area contributed by atoms with E-state index < -0.39 is 34.0 Å². The molecule has 3 aromatic carbocycles. The van der Waals surface area contributed by atoms with E-state index in [9.17, 15) is 33.3 Å². The van der Waals surface area contributed by atoms with E-state index in [1.54, 1.807) is 30.3 Å². The van der Waals surface area contributed by atoms with E-state index in [2.05, 4.69) is 5.32 Å². The highest BCUT2D eigenvalue weighted by Crippen LogP contribution is 2.43. The molecule has 3 rings (SSSR count). The zero-order valence-corrected chi connectivity index (χ0v) is 20.1. The molecule has 0 saturated heterocycles. The second-order valence-electron chi connectivity index (χ2n) is 7.18. The van der Waals surface area contributed by atoms with Gasteiger partial charge in [-0.1, -0.05) is 35.3 Å². The van der Waals surface area contributed by atoms with Crippen molar-refractivity contribution in [2.45, 2.75) is 6.18 Å². The first kappa shape index (κ1) is 27.3. The van der Waals surface area contributed by atoms with Gasteiger partial charge in [-0.05, 0) is 48.0 Å². The third kappa shape index (κ3) is 6.49. The van der Waals surface area contributed by atoms with Gasteiger partial charge in [-0.3, -0.25) is 14.9 Å². The fraction of sp³-hybridized carbons (Fsp3) is 0.0833. The van der Waals surface area contributed by atoms with E-state index in [1.165, 1.54) is 25.3 Å². The van der Waals surface area contributed by atoms with E-state index in [0.717, 1.165) is 6.07 Å². The van der Waals surface area contributed by atoms with Crippen molar-refractivity contribution in [3.63, 3.8) is 0 Å². The highest BCUT2D eigenvalue weighted by atomic mass is 35.5. The molecule has 0 heterocycles. The number of carbonyl (C=O) groups excluding carboxylic acids is 1. The molecule has 0 saturated carbocycles. The fourth-order valence-corrected chi connectivity index (χ4v) is 3.46. The molecule has 190 valence electrons. The number of halogens is 5. The van der Waals surface area contributed by atoms with Gasteiger partial charge in [0.05, 0.1) is 33.3 Å². The summed E-state index contributed by atoms with van der Waals surface area (Å²) in [6.45, 7) is 0. The predicted molar refractivity (Wildman–Crippen MR) is 130 cm³/mol. The third-order valence-electron chi connectivity index (χ3n) is 4.74. The number of nitriles is 1. The maximum absolute atomic E-state index is 13.0. The zero-order valence-electron chi connectivity index (χ0n) is 18.6. The summed E-state index contributed by atoms with van der Waals surface area (Å²) in [7, 11) is 1.22. The monoisotopic (exact) mass is 551 g/mol. The number of benzene rings is 3. The number of hydrogen-bond donors (Lipinski definition) is 1. The molecule has 0 bridgehead atoms. The number of methoxy groups -OCH3 is 1. The second-order valence-corrected chi connectivity index (χ2v) is 7.99. The Balaban J connectivity index is 1.96. The van der Waals surface area contributed by atoms with E-state index in [4.69, 9.17) is 32.7 Å². The summed E-state index contributed by atoms with van der Waals surface area (Å²) in [4.78, 5) is 22.9. The van der Waals surface area contributed by atoms with Crippen molar-refractivity contribution < 1.29 is 32.4 Å². The van der Waals surface area contributed by atoms with Crippen molar-refractivity contribution in [3.8, 4) is 23.3 Å². The second kappa shape index (κ2) is 11.2. The van der Waals surface area contributed by atoms with E-state index in [1.807, 2.05) is 0 Å². The van der Waals surface area contributed by atoms with Gasteiger partial charge < -0.3 is 14.8 Å². The number of alkyl halides is 3. The molecular formula is C24H14Cl2F3N3O5. The Morgan fingerprint density at radius 1 is 1.11 bits per heavy atom. The van der Waals surface area contributed by atoms with Crippen LogP contribution in [0.15, 0.2) is 60.2 Å². The molecule has 0 unspecified atom stereocenters. The number of anilines is 1. The van der Waals surface area contributed by atoms with Crippen LogP contribution in [0.4, 0.5) is 24.5 Å². The Bertz CT molecular complexity index is 1450. The van der Waals surface area contributed by atoms with Crippen LogP contribution in [-0.2, 0) is 11.0 Å². The molecule has 37 heavy (non-hydrogen) atoms. The Hall–Kier alpha value is -4.27. The van der Waals surface area contributed by atoms with E-state index in [0.29, 0.717) is 12.1 Å². The number of carbonyl (C=O) groups is 1. The molecule has 0 aliphatic carbocycles. The first-order chi connectivity index (χ1) is 17.4. The lowest BCUT2D eigenvalue weighted by Gasteiger charge is -2.14. The number of ether oxygens (including phenoxy) is 2. The fourth-order valence-electron chi connectivity index (χ4n) is 3.02. The SMILES string of the molecule is COc1cc(/C=C(\C#N)C(=O)Nc2ccccc2Cl)cc(Cl)c1Oc1ccc(C(F)(F)F)cc1[N+](=O)[O-]. The molecule has 0 aliphatic heterocycles. The van der Waals surface area contributed by atoms with Crippen LogP contribution in [0.3, 0.4) is 0 Å². The molecular weight excluding hydrogens is 538 g/mol. The Kier molecular flexibility index (Phi) is 8.27. The van der Waals surface area contributed by atoms with Gasteiger partial charge >= 0.3 is 11.9 Å². The molecule has 1 N–H and O–H groups in total. The van der Waals surface area contributed by atoms with Crippen LogP contribution >= 0.6 is 23.2 Å². The van der Waals surface area contributed by atoms with Gasteiger partial charge in [0.15, 0.2) is 11.5 Å². The third-order valence-corrected chi connectivity index (χ3v) is 5.36. The Labute approximate surface area is 217 Å². The van der Waals surface area contributed by atoms with Crippen LogP contribution in [-0.4, -0.2) is 17.9 Å². The largest absolute Gasteiger partial charge is 0.493 e. The van der Waals surface area contributed by atoms with Crippen LogP contribution in [0.5, 0.6) is 17.2 Å². The molecule has 0 aromatic heterocycles. The molecule has 0 aliphatic rings. The summed E-state index contributed by atoms with van der Waals surface area (Å²) in [6, 6.07) is 12.5. The molecule has 8 nitrogen and oxygen atoms in total. The molecule has 13 heteroatoms. The van der Waals surface area contributed by atoms with Crippen LogP contribution in [0, 0.1) is 21.4 Å². The molecule has 0 radical (unpaired) electrons. The number of hydrogen-bond acceptors (Lipinski definition) is 6. The first-order valence-electron chi connectivity index (χ1n) is 10.0. The van der Waals surface area contributed by atoms with Crippen molar-refractivity contribution in [3.05, 3.63) is 91.5 Å². The van der Waals surface area contributed by atoms with E-state index >= 15 is 0 Å². The smallest absolute Gasteiger partial charge is 0.416 e. The van der Waals surface area contributed by atoms with Crippen LogP contribution < -0.4 is 14.8 Å². The minimum Gasteiger partial charge on any atom is -0.493 e. The summed E-state index contributed by atoms with van der Waals surface area (Å²) >= 11 is 12.3. The normalized spacial score (nSPS) is 11.4. The minimum absolute atomic E-state index is 0.0725. The Morgan fingerprint density at radius 3 is 2.41 bits per heavy atom. The van der Waals surface area contributed by atoms with Crippen LogP contribution in [0.25, 0.3) is 6.08 Å². The quantitative estimate of drug-likeness (QED) is 0.143. The molecule has 3 aromatic rings. The molecule has 0 spiro atoms. The average Bonchev–Trinajstić information content (AvgIpc) is 2.84. The first-order valence-corrected chi connectivity index (χ1v) is 10.8. The number of nitrogens with zero attached hydrogens (tertiary/aromatic N) is 2. The van der Waals surface area contributed by atoms with Crippen LogP contribution in [0.2, 0.25) is 10.0 Å². The maximum Gasteiger partial charge on any atom is 0.416 e. The van der Waals surface area contributed by atoms with Gasteiger partial charge in [-0.25, -0.2) is 0 Å². The van der Waals surface area contributed by atoms with Gasteiger partial charge in [-0.15, -0.1) is 0 Å². The highest BCUT2D eigenvalue weighted by molar-refractivity contribution is 6.34. The van der Waals surface area contributed by atoms with Crippen molar-refractivity contribution in [2.24, 2.45) is 0 Å². The maximum atomic E-state index is 13.0. The molecule has 1 amide bonds. The van der Waals surface area contributed by atoms with Gasteiger partial charge in [0.25, 0.3) is 5.91 Å². The minimum atomic E-state index is -4.80.